The van der Waals surface area contributed by atoms with Crippen LogP contribution in [0.4, 0.5) is 5.69 Å². The number of fused-ring (bicyclic) bond motifs is 1. The molecule has 9 nitrogen and oxygen atoms in total. The zero-order chi connectivity index (χ0) is 32.8. The summed E-state index contributed by atoms with van der Waals surface area (Å²) in [7, 11) is 6.58. The van der Waals surface area contributed by atoms with Gasteiger partial charge in [0, 0.05) is 44.5 Å². The molecule has 0 N–H and O–H groups in total. The fourth-order valence-corrected chi connectivity index (χ4v) is 7.00. The smallest absolute Gasteiger partial charge is 0.242 e. The summed E-state index contributed by atoms with van der Waals surface area (Å²) >= 11 is 0. The molecule has 3 aromatic rings. The molecule has 46 heavy (non-hydrogen) atoms. The van der Waals surface area contributed by atoms with Crippen LogP contribution < -0.4 is 23.8 Å². The number of anilines is 1. The summed E-state index contributed by atoms with van der Waals surface area (Å²) in [6.45, 7) is 8.85. The lowest BCUT2D eigenvalue weighted by molar-refractivity contribution is -0.132. The molecule has 5 rings (SSSR count). The second-order valence-electron chi connectivity index (χ2n) is 12.3. The van der Waals surface area contributed by atoms with Crippen LogP contribution in [0.15, 0.2) is 60.7 Å². The molecular weight excluding hydrogens is 582 g/mol. The van der Waals surface area contributed by atoms with E-state index in [9.17, 15) is 9.59 Å². The highest BCUT2D eigenvalue weighted by Gasteiger charge is 2.54. The van der Waals surface area contributed by atoms with E-state index in [2.05, 4.69) is 24.8 Å². The van der Waals surface area contributed by atoms with E-state index in [1.807, 2.05) is 66.5 Å². The number of rotatable bonds is 13. The minimum atomic E-state index is -0.787. The maximum atomic E-state index is 13.9. The number of carbonyl (C=O) groups is 2. The number of nitrogens with zero attached hydrogens (tertiary/aromatic N) is 3. The summed E-state index contributed by atoms with van der Waals surface area (Å²) in [6, 6.07) is 19.8. The minimum absolute atomic E-state index is 0.0447. The van der Waals surface area contributed by atoms with Crippen LogP contribution in [0.2, 0.25) is 0 Å². The van der Waals surface area contributed by atoms with Crippen LogP contribution in [0.5, 0.6) is 23.0 Å². The van der Waals surface area contributed by atoms with E-state index in [-0.39, 0.29) is 24.2 Å². The fourth-order valence-electron chi connectivity index (χ4n) is 7.00. The SMILES string of the molecule is COc1cc(CC(=O)N2CCN(CCCCOc3ccccc3C3(C(C)C)C(=O)N(C)c4ccccc43)CC2)cc(OC)c1OC. The summed E-state index contributed by atoms with van der Waals surface area (Å²) in [5.41, 5.74) is 2.97. The van der Waals surface area contributed by atoms with Crippen molar-refractivity contribution in [1.29, 1.82) is 0 Å². The average Bonchev–Trinajstić information content (AvgIpc) is 3.31. The summed E-state index contributed by atoms with van der Waals surface area (Å²) in [5, 5.41) is 0. The first-order valence-corrected chi connectivity index (χ1v) is 16.1. The van der Waals surface area contributed by atoms with E-state index < -0.39 is 5.41 Å². The second kappa shape index (κ2) is 14.5. The topological polar surface area (TPSA) is 80.8 Å². The highest BCUT2D eigenvalue weighted by Crippen LogP contribution is 2.52. The molecule has 3 aromatic carbocycles. The Morgan fingerprint density at radius 2 is 1.46 bits per heavy atom. The van der Waals surface area contributed by atoms with Gasteiger partial charge < -0.3 is 28.7 Å². The third-order valence-electron chi connectivity index (χ3n) is 9.44. The molecule has 1 atom stereocenters. The number of hydrogen-bond donors (Lipinski definition) is 0. The number of benzene rings is 3. The lowest BCUT2D eigenvalue weighted by Gasteiger charge is -2.35. The number of ether oxygens (including phenoxy) is 4. The predicted octanol–water partition coefficient (Wildman–Crippen LogP) is 5.18. The van der Waals surface area contributed by atoms with Crippen LogP contribution in [-0.2, 0) is 21.4 Å². The maximum absolute atomic E-state index is 13.9. The van der Waals surface area contributed by atoms with Gasteiger partial charge in [-0.2, -0.15) is 0 Å². The van der Waals surface area contributed by atoms with Crippen LogP contribution in [-0.4, -0.2) is 89.3 Å². The highest BCUT2D eigenvalue weighted by atomic mass is 16.5. The van der Waals surface area contributed by atoms with Crippen molar-refractivity contribution in [2.45, 2.75) is 38.5 Å². The van der Waals surface area contributed by atoms with Gasteiger partial charge >= 0.3 is 0 Å². The minimum Gasteiger partial charge on any atom is -0.493 e. The fraction of sp³-hybridized carbons (Fsp3) is 0.459. The Bertz CT molecular complexity index is 1510. The van der Waals surface area contributed by atoms with Crippen LogP contribution >= 0.6 is 0 Å². The van der Waals surface area contributed by atoms with Gasteiger partial charge in [-0.1, -0.05) is 50.2 Å². The van der Waals surface area contributed by atoms with Crippen molar-refractivity contribution in [2.75, 3.05) is 72.6 Å². The highest BCUT2D eigenvalue weighted by molar-refractivity contribution is 6.10. The van der Waals surface area contributed by atoms with Crippen molar-refractivity contribution < 1.29 is 28.5 Å². The van der Waals surface area contributed by atoms with E-state index in [0.717, 1.165) is 60.6 Å². The Hall–Kier alpha value is -4.24. The van der Waals surface area contributed by atoms with Gasteiger partial charge in [0.2, 0.25) is 17.6 Å². The van der Waals surface area contributed by atoms with Gasteiger partial charge in [0.15, 0.2) is 11.5 Å². The average molecular weight is 630 g/mol. The molecule has 0 radical (unpaired) electrons. The molecule has 1 fully saturated rings. The molecule has 2 heterocycles. The summed E-state index contributed by atoms with van der Waals surface area (Å²) in [4.78, 5) is 33.1. The van der Waals surface area contributed by atoms with E-state index in [4.69, 9.17) is 18.9 Å². The first-order valence-electron chi connectivity index (χ1n) is 16.1. The predicted molar refractivity (Wildman–Crippen MR) is 179 cm³/mol. The lowest BCUT2D eigenvalue weighted by atomic mass is 9.67. The number of unbranched alkanes of at least 4 members (excludes halogenated alkanes) is 1. The molecule has 2 aliphatic heterocycles. The first-order chi connectivity index (χ1) is 22.3. The van der Waals surface area contributed by atoms with Crippen LogP contribution in [0.1, 0.15) is 43.4 Å². The Kier molecular flexibility index (Phi) is 10.4. The number of carbonyl (C=O) groups excluding carboxylic acids is 2. The third-order valence-corrected chi connectivity index (χ3v) is 9.44. The van der Waals surface area contributed by atoms with Crippen molar-refractivity contribution in [3.05, 3.63) is 77.4 Å². The molecular formula is C37H47N3O6. The van der Waals surface area contributed by atoms with Crippen LogP contribution in [0.25, 0.3) is 0 Å². The van der Waals surface area contributed by atoms with Gasteiger partial charge in [0.25, 0.3) is 0 Å². The molecule has 0 saturated carbocycles. The summed E-state index contributed by atoms with van der Waals surface area (Å²) in [5.74, 6) is 2.61. The summed E-state index contributed by atoms with van der Waals surface area (Å²) in [6.07, 6.45) is 2.16. The molecule has 0 bridgehead atoms. The van der Waals surface area contributed by atoms with Crippen molar-refractivity contribution in [3.8, 4) is 23.0 Å². The normalized spacial score (nSPS) is 18.1. The standard InChI is InChI=1S/C37H47N3O6/c1-26(2)37(28-13-7-9-15-30(28)38(3)36(37)42)29-14-8-10-16-31(29)46-22-12-11-17-39-18-20-40(21-19-39)34(41)25-27-23-32(43-4)35(45-6)33(24-27)44-5/h7-10,13-16,23-24,26H,11-12,17-22,25H2,1-6H3. The van der Waals surface area contributed by atoms with Gasteiger partial charge in [0.05, 0.1) is 34.4 Å². The Morgan fingerprint density at radius 1 is 0.826 bits per heavy atom. The number of para-hydroxylation sites is 2. The number of amides is 2. The number of methoxy groups -OCH3 is 3. The Morgan fingerprint density at radius 3 is 2.09 bits per heavy atom. The Balaban J connectivity index is 1.12. The molecule has 246 valence electrons. The van der Waals surface area contributed by atoms with Gasteiger partial charge in [-0.3, -0.25) is 14.5 Å². The zero-order valence-corrected chi connectivity index (χ0v) is 28.0. The third kappa shape index (κ3) is 6.25. The molecule has 0 aliphatic carbocycles. The van der Waals surface area contributed by atoms with E-state index in [1.165, 1.54) is 0 Å². The van der Waals surface area contributed by atoms with E-state index >= 15 is 0 Å². The molecule has 2 amide bonds. The Labute approximate surface area is 273 Å². The van der Waals surface area contributed by atoms with Crippen LogP contribution in [0.3, 0.4) is 0 Å². The van der Waals surface area contributed by atoms with Crippen molar-refractivity contribution in [1.82, 2.24) is 9.80 Å². The van der Waals surface area contributed by atoms with Crippen LogP contribution in [0, 0.1) is 5.92 Å². The van der Waals surface area contributed by atoms with Gasteiger partial charge in [-0.05, 0) is 60.7 Å². The molecule has 9 heteroatoms. The molecule has 1 saturated heterocycles. The van der Waals surface area contributed by atoms with Gasteiger partial charge in [-0.25, -0.2) is 0 Å². The zero-order valence-electron chi connectivity index (χ0n) is 28.0. The van der Waals surface area contributed by atoms with E-state index in [1.54, 1.807) is 26.2 Å². The molecule has 0 spiro atoms. The number of piperazine rings is 1. The van der Waals surface area contributed by atoms with E-state index in [0.29, 0.717) is 36.9 Å². The monoisotopic (exact) mass is 629 g/mol. The summed E-state index contributed by atoms with van der Waals surface area (Å²) < 4.78 is 22.7. The van der Waals surface area contributed by atoms with Gasteiger partial charge in [0.1, 0.15) is 11.2 Å². The van der Waals surface area contributed by atoms with Gasteiger partial charge in [-0.15, -0.1) is 0 Å². The molecule has 1 unspecified atom stereocenters. The quantitative estimate of drug-likeness (QED) is 0.241. The number of likely N-dealkylation sites (N-methyl/N-ethyl adjacent to an activating group) is 1. The lowest BCUT2D eigenvalue weighted by Crippen LogP contribution is -2.49. The number of hydrogen-bond acceptors (Lipinski definition) is 7. The van der Waals surface area contributed by atoms with Crippen molar-refractivity contribution in [2.24, 2.45) is 5.92 Å². The van der Waals surface area contributed by atoms with Crippen molar-refractivity contribution >= 4 is 17.5 Å². The van der Waals surface area contributed by atoms with Crippen molar-refractivity contribution in [3.63, 3.8) is 0 Å². The largest absolute Gasteiger partial charge is 0.493 e. The molecule has 2 aliphatic rings. The molecule has 0 aromatic heterocycles. The maximum Gasteiger partial charge on any atom is 0.242 e. The first kappa shape index (κ1) is 33.1. The second-order valence-corrected chi connectivity index (χ2v) is 12.3.